The van der Waals surface area contributed by atoms with Crippen LogP contribution in [0, 0.1) is 0 Å². The number of aromatic nitrogens is 2. The Labute approximate surface area is 259 Å². The fourth-order valence-electron chi connectivity index (χ4n) is 6.10. The van der Waals surface area contributed by atoms with Crippen molar-refractivity contribution in [2.24, 2.45) is 0 Å². The molecule has 4 aliphatic rings. The first-order valence-corrected chi connectivity index (χ1v) is 14.8. The molecule has 6 rings (SSSR count). The molecule has 0 amide bonds. The van der Waals surface area contributed by atoms with Gasteiger partial charge in [-0.15, -0.1) is 0 Å². The molecule has 2 aromatic carbocycles. The summed E-state index contributed by atoms with van der Waals surface area (Å²) in [6.45, 7) is 4.66. The van der Waals surface area contributed by atoms with Gasteiger partial charge in [0.05, 0.1) is 10.1 Å². The van der Waals surface area contributed by atoms with Gasteiger partial charge in [0, 0.05) is 29.1 Å². The summed E-state index contributed by atoms with van der Waals surface area (Å²) >= 11 is 0. The Balaban J connectivity index is 0.00000337. The summed E-state index contributed by atoms with van der Waals surface area (Å²) in [5.41, 5.74) is 3.46. The van der Waals surface area contributed by atoms with Crippen molar-refractivity contribution in [1.29, 1.82) is 0 Å². The minimum absolute atomic E-state index is 0. The van der Waals surface area contributed by atoms with Gasteiger partial charge in [0.15, 0.2) is 0 Å². The zero-order valence-corrected chi connectivity index (χ0v) is 26.0. The number of allylic oxidation sites excluding steroid dienone is 4. The van der Waals surface area contributed by atoms with E-state index in [4.69, 9.17) is 4.42 Å². The number of fused-ring (bicyclic) bond motifs is 5. The molecule has 1 N–H and O–H groups in total. The van der Waals surface area contributed by atoms with E-state index in [1.165, 1.54) is 0 Å². The topological polar surface area (TPSA) is 136 Å². The number of rotatable bonds is 5. The normalized spacial score (nSPS) is 18.1. The first-order valence-electron chi connectivity index (χ1n) is 13.2. The molecule has 0 atom stereocenters. The van der Waals surface area contributed by atoms with Gasteiger partial charge in [-0.1, -0.05) is 50.3 Å². The van der Waals surface area contributed by atoms with Crippen LogP contribution in [0.3, 0.4) is 0 Å². The molecule has 3 aliphatic heterocycles. The third-order valence-electron chi connectivity index (χ3n) is 7.86. The van der Waals surface area contributed by atoms with Gasteiger partial charge in [0.2, 0.25) is 5.89 Å². The molecule has 0 saturated heterocycles. The van der Waals surface area contributed by atoms with Gasteiger partial charge in [-0.05, 0) is 71.4 Å². The number of nitrogens with one attached hydrogen (secondary N) is 1. The van der Waals surface area contributed by atoms with Gasteiger partial charge in [0.1, 0.15) is 11.3 Å². The Kier molecular flexibility index (Phi) is 7.90. The number of nitrogens with zero attached hydrogens (tertiary/aromatic N) is 2. The fourth-order valence-corrected chi connectivity index (χ4v) is 6.59. The summed E-state index contributed by atoms with van der Waals surface area (Å²) in [5.74, 6) is 0.179. The van der Waals surface area contributed by atoms with Crippen LogP contribution in [-0.4, -0.2) is 35.2 Å². The quantitative estimate of drug-likeness (QED) is 0.275. The second-order valence-corrected chi connectivity index (χ2v) is 12.4. The van der Waals surface area contributed by atoms with Crippen molar-refractivity contribution < 1.29 is 46.9 Å². The zero-order chi connectivity index (χ0) is 28.2. The van der Waals surface area contributed by atoms with Crippen molar-refractivity contribution in [2.45, 2.75) is 44.9 Å². The van der Waals surface area contributed by atoms with E-state index in [2.05, 4.69) is 53.0 Å². The SMILES string of the molecule is CC1(C)/C(=C\C=C2/CCCc3cc4c(=O)[nH]c(=O)nc-4oc32)N(CCCS(=O)(=O)[O-])c2ccc3ccccc3c21.[Na+]. The second-order valence-electron chi connectivity index (χ2n) is 10.9. The molecular formula is C30H28N3NaO6S. The van der Waals surface area contributed by atoms with E-state index in [1.807, 2.05) is 24.3 Å². The summed E-state index contributed by atoms with van der Waals surface area (Å²) < 4.78 is 40.1. The van der Waals surface area contributed by atoms with Gasteiger partial charge < -0.3 is 13.9 Å². The summed E-state index contributed by atoms with van der Waals surface area (Å²) in [6, 6.07) is 14.0. The number of anilines is 1. The fraction of sp³-hybridized carbons (Fsp3) is 0.300. The molecule has 11 heteroatoms. The number of H-pyrrole nitrogens is 1. The van der Waals surface area contributed by atoms with E-state index in [0.29, 0.717) is 12.3 Å². The maximum atomic E-state index is 12.3. The van der Waals surface area contributed by atoms with Crippen LogP contribution >= 0.6 is 0 Å². The monoisotopic (exact) mass is 581 g/mol. The molecule has 0 unspecified atom stereocenters. The Hall–Kier alpha value is -3.02. The van der Waals surface area contributed by atoms with Crippen LogP contribution in [0.1, 0.15) is 50.0 Å². The van der Waals surface area contributed by atoms with E-state index in [0.717, 1.165) is 58.1 Å². The van der Waals surface area contributed by atoms with Crippen molar-refractivity contribution in [2.75, 3.05) is 17.2 Å². The van der Waals surface area contributed by atoms with Gasteiger partial charge in [-0.25, -0.2) is 13.2 Å². The van der Waals surface area contributed by atoms with E-state index < -0.39 is 32.5 Å². The van der Waals surface area contributed by atoms with Crippen LogP contribution < -0.4 is 45.7 Å². The van der Waals surface area contributed by atoms with Gasteiger partial charge >= 0.3 is 35.2 Å². The Morgan fingerprint density at radius 1 is 1.12 bits per heavy atom. The molecule has 0 aromatic heterocycles. The molecule has 0 saturated carbocycles. The van der Waals surface area contributed by atoms with Crippen molar-refractivity contribution >= 4 is 32.2 Å². The first-order chi connectivity index (χ1) is 19.0. The van der Waals surface area contributed by atoms with Crippen molar-refractivity contribution in [3.63, 3.8) is 0 Å². The summed E-state index contributed by atoms with van der Waals surface area (Å²) in [7, 11) is -4.33. The predicted octanol–water partition coefficient (Wildman–Crippen LogP) is 1.32. The number of aromatic amines is 1. The Bertz CT molecular complexity index is 1920. The van der Waals surface area contributed by atoms with E-state index >= 15 is 0 Å². The van der Waals surface area contributed by atoms with Crippen molar-refractivity contribution in [3.05, 3.63) is 98.0 Å². The number of benzene rings is 2. The van der Waals surface area contributed by atoms with Crippen LogP contribution in [0.5, 0.6) is 0 Å². The molecule has 206 valence electrons. The van der Waals surface area contributed by atoms with Gasteiger partial charge in [-0.2, -0.15) is 4.98 Å². The molecule has 0 spiro atoms. The molecule has 0 fully saturated rings. The third-order valence-corrected chi connectivity index (χ3v) is 8.65. The van der Waals surface area contributed by atoms with Crippen molar-refractivity contribution in [1.82, 2.24) is 9.97 Å². The zero-order valence-electron chi connectivity index (χ0n) is 23.2. The largest absolute Gasteiger partial charge is 1.00 e. The summed E-state index contributed by atoms with van der Waals surface area (Å²) in [4.78, 5) is 32.2. The Morgan fingerprint density at radius 3 is 2.68 bits per heavy atom. The maximum absolute atomic E-state index is 12.3. The van der Waals surface area contributed by atoms with Crippen molar-refractivity contribution in [3.8, 4) is 11.5 Å². The number of hydrogen-bond donors (Lipinski definition) is 1. The third kappa shape index (κ3) is 5.47. The molecule has 0 bridgehead atoms. The van der Waals surface area contributed by atoms with Crippen LogP contribution in [0.15, 0.2) is 74.3 Å². The van der Waals surface area contributed by atoms with Crippen LogP contribution in [0.25, 0.3) is 27.8 Å². The molecule has 9 nitrogen and oxygen atoms in total. The average molecular weight is 582 g/mol. The number of aryl methyl sites for hydroxylation is 1. The minimum atomic E-state index is -4.33. The second kappa shape index (κ2) is 11.0. The van der Waals surface area contributed by atoms with Crippen LogP contribution in [0.2, 0.25) is 0 Å². The van der Waals surface area contributed by atoms with Crippen LogP contribution in [0.4, 0.5) is 5.69 Å². The minimum Gasteiger partial charge on any atom is -0.748 e. The predicted molar refractivity (Wildman–Crippen MR) is 153 cm³/mol. The molecule has 2 aromatic rings. The molecular weight excluding hydrogens is 553 g/mol. The summed E-state index contributed by atoms with van der Waals surface area (Å²) in [6.07, 6.45) is 6.58. The maximum Gasteiger partial charge on any atom is 1.00 e. The standard InChI is InChI=1S/C30H29N3O6S.Na/c1-30(2)24(14-12-19-8-5-9-20-17-22-27(34)31-29(35)32-28(22)39-26(19)20)33(15-6-16-40(36,37)38)23-13-11-18-7-3-4-10-21(18)25(23)30;/h3-4,7,10-14,17H,5-6,8-9,15-16H2,1-2H3,(H,31,34,35)(H,36,37,38);/q;+1/p-1/b19-12+,24-14+;. The molecule has 1 aliphatic carbocycles. The molecule has 41 heavy (non-hydrogen) atoms. The molecule has 0 radical (unpaired) electrons. The van der Waals surface area contributed by atoms with Gasteiger partial charge in [0.25, 0.3) is 5.56 Å². The number of hydrogen-bond acceptors (Lipinski definition) is 8. The van der Waals surface area contributed by atoms with E-state index in [-0.39, 0.29) is 47.4 Å². The Morgan fingerprint density at radius 2 is 1.90 bits per heavy atom. The van der Waals surface area contributed by atoms with Gasteiger partial charge in [-0.3, -0.25) is 9.78 Å². The summed E-state index contributed by atoms with van der Waals surface area (Å²) in [5, 5.41) is 2.24. The first kappa shape index (κ1) is 29.5. The smallest absolute Gasteiger partial charge is 0.748 e. The van der Waals surface area contributed by atoms with Crippen LogP contribution in [-0.2, 0) is 22.0 Å². The van der Waals surface area contributed by atoms with E-state index in [1.54, 1.807) is 6.07 Å². The average Bonchev–Trinajstić information content (AvgIpc) is 3.11. The molecule has 3 heterocycles. The van der Waals surface area contributed by atoms with E-state index in [9.17, 15) is 22.6 Å².